The van der Waals surface area contributed by atoms with Gasteiger partial charge in [-0.1, -0.05) is 5.16 Å². The largest absolute Gasteiger partial charge is 0.417 e. The molecular formula is C19H19F3N6O. The first-order valence-electron chi connectivity index (χ1n) is 9.20. The third kappa shape index (κ3) is 4.30. The lowest BCUT2D eigenvalue weighted by molar-refractivity contribution is -0.137. The number of anilines is 2. The summed E-state index contributed by atoms with van der Waals surface area (Å²) in [4.78, 5) is 14.6. The van der Waals surface area contributed by atoms with Gasteiger partial charge in [-0.25, -0.2) is 9.97 Å². The van der Waals surface area contributed by atoms with E-state index in [0.29, 0.717) is 36.4 Å². The minimum atomic E-state index is -4.38. The number of halogens is 3. The number of nitrogens with zero attached hydrogens (tertiary/aromatic N) is 5. The van der Waals surface area contributed by atoms with Crippen LogP contribution in [0.4, 0.5) is 24.8 Å². The summed E-state index contributed by atoms with van der Waals surface area (Å²) in [6, 6.07) is 6.32. The van der Waals surface area contributed by atoms with Crippen molar-refractivity contribution in [2.75, 3.05) is 23.3 Å². The van der Waals surface area contributed by atoms with Crippen molar-refractivity contribution >= 4 is 11.6 Å². The smallest absolute Gasteiger partial charge is 0.367 e. The van der Waals surface area contributed by atoms with E-state index in [2.05, 4.69) is 25.4 Å². The fourth-order valence-electron chi connectivity index (χ4n) is 3.29. The Bertz CT molecular complexity index is 965. The predicted molar refractivity (Wildman–Crippen MR) is 100 cm³/mol. The molecule has 4 rings (SSSR count). The Hall–Kier alpha value is -3.17. The van der Waals surface area contributed by atoms with Crippen LogP contribution < -0.4 is 10.2 Å². The normalized spacial score (nSPS) is 15.5. The Morgan fingerprint density at radius 2 is 1.93 bits per heavy atom. The summed E-state index contributed by atoms with van der Waals surface area (Å²) in [5.74, 6) is 2.18. The van der Waals surface area contributed by atoms with E-state index in [1.165, 1.54) is 6.07 Å². The van der Waals surface area contributed by atoms with E-state index in [4.69, 9.17) is 4.52 Å². The van der Waals surface area contributed by atoms with E-state index < -0.39 is 11.7 Å². The highest BCUT2D eigenvalue weighted by molar-refractivity contribution is 5.68. The lowest BCUT2D eigenvalue weighted by Crippen LogP contribution is -2.39. The van der Waals surface area contributed by atoms with Crippen LogP contribution in [0.2, 0.25) is 0 Å². The zero-order valence-electron chi connectivity index (χ0n) is 15.6. The number of hydrogen-bond acceptors (Lipinski definition) is 7. The van der Waals surface area contributed by atoms with Crippen molar-refractivity contribution in [1.29, 1.82) is 0 Å². The number of aryl methyl sites for hydroxylation is 1. The second-order valence-corrected chi connectivity index (χ2v) is 6.85. The molecule has 4 heterocycles. The molecular weight excluding hydrogens is 385 g/mol. The summed E-state index contributed by atoms with van der Waals surface area (Å²) in [6.45, 7) is 3.11. The SMILES string of the molecule is Cc1noc(-c2cccnc2NC2CCN(c3ccc(C(F)(F)F)cn3)CC2)n1. The van der Waals surface area contributed by atoms with Gasteiger partial charge in [-0.3, -0.25) is 0 Å². The lowest BCUT2D eigenvalue weighted by atomic mass is 10.0. The molecule has 0 aliphatic carbocycles. The number of hydrogen-bond donors (Lipinski definition) is 1. The zero-order chi connectivity index (χ0) is 20.4. The average molecular weight is 404 g/mol. The fraction of sp³-hybridized carbons (Fsp3) is 0.368. The van der Waals surface area contributed by atoms with Gasteiger partial charge in [-0.15, -0.1) is 0 Å². The molecule has 0 atom stereocenters. The van der Waals surface area contributed by atoms with Gasteiger partial charge in [0.15, 0.2) is 5.82 Å². The van der Waals surface area contributed by atoms with E-state index >= 15 is 0 Å². The molecule has 3 aromatic heterocycles. The second-order valence-electron chi connectivity index (χ2n) is 6.85. The maximum Gasteiger partial charge on any atom is 0.417 e. The summed E-state index contributed by atoms with van der Waals surface area (Å²) in [7, 11) is 0. The Labute approximate surface area is 165 Å². The van der Waals surface area contributed by atoms with E-state index in [1.54, 1.807) is 19.2 Å². The van der Waals surface area contributed by atoms with Crippen LogP contribution in [0.5, 0.6) is 0 Å². The van der Waals surface area contributed by atoms with Crippen molar-refractivity contribution in [1.82, 2.24) is 20.1 Å². The molecule has 10 heteroatoms. The van der Waals surface area contributed by atoms with Crippen molar-refractivity contribution in [3.63, 3.8) is 0 Å². The molecule has 0 unspecified atom stereocenters. The van der Waals surface area contributed by atoms with Crippen molar-refractivity contribution in [3.05, 3.63) is 48.0 Å². The fourth-order valence-corrected chi connectivity index (χ4v) is 3.29. The van der Waals surface area contributed by atoms with Crippen LogP contribution in [0.3, 0.4) is 0 Å². The zero-order valence-corrected chi connectivity index (χ0v) is 15.6. The molecule has 1 N–H and O–H groups in total. The molecule has 1 saturated heterocycles. The number of alkyl halides is 3. The molecule has 0 saturated carbocycles. The molecule has 152 valence electrons. The van der Waals surface area contributed by atoms with Crippen LogP contribution in [0, 0.1) is 6.92 Å². The van der Waals surface area contributed by atoms with Crippen LogP contribution in [0.1, 0.15) is 24.2 Å². The van der Waals surface area contributed by atoms with Gasteiger partial charge in [0, 0.05) is 31.5 Å². The summed E-state index contributed by atoms with van der Waals surface area (Å²) in [6.07, 6.45) is -0.217. The van der Waals surface area contributed by atoms with Gasteiger partial charge >= 0.3 is 6.18 Å². The van der Waals surface area contributed by atoms with Crippen LogP contribution in [-0.2, 0) is 6.18 Å². The number of rotatable bonds is 4. The highest BCUT2D eigenvalue weighted by Gasteiger charge is 2.31. The molecule has 3 aromatic rings. The second kappa shape index (κ2) is 7.69. The average Bonchev–Trinajstić information content (AvgIpc) is 3.15. The highest BCUT2D eigenvalue weighted by atomic mass is 19.4. The van der Waals surface area contributed by atoms with E-state index in [9.17, 15) is 13.2 Å². The highest BCUT2D eigenvalue weighted by Crippen LogP contribution is 2.30. The molecule has 0 radical (unpaired) electrons. The van der Waals surface area contributed by atoms with Crippen molar-refractivity contribution < 1.29 is 17.7 Å². The third-order valence-corrected chi connectivity index (χ3v) is 4.80. The number of nitrogens with one attached hydrogen (secondary N) is 1. The topological polar surface area (TPSA) is 80.0 Å². The third-order valence-electron chi connectivity index (χ3n) is 4.80. The van der Waals surface area contributed by atoms with E-state index in [-0.39, 0.29) is 6.04 Å². The van der Waals surface area contributed by atoms with E-state index in [0.717, 1.165) is 30.7 Å². The lowest BCUT2D eigenvalue weighted by Gasteiger charge is -2.33. The van der Waals surface area contributed by atoms with Crippen LogP contribution >= 0.6 is 0 Å². The van der Waals surface area contributed by atoms with Gasteiger partial charge in [0.2, 0.25) is 0 Å². The Morgan fingerprint density at radius 3 is 2.55 bits per heavy atom. The summed E-state index contributed by atoms with van der Waals surface area (Å²) in [5, 5.41) is 7.24. The Balaban J connectivity index is 1.40. The molecule has 1 aliphatic rings. The molecule has 0 amide bonds. The Morgan fingerprint density at radius 1 is 1.14 bits per heavy atom. The number of aromatic nitrogens is 4. The van der Waals surface area contributed by atoms with Gasteiger partial charge < -0.3 is 14.7 Å². The van der Waals surface area contributed by atoms with Crippen molar-refractivity contribution in [3.8, 4) is 11.5 Å². The van der Waals surface area contributed by atoms with Crippen LogP contribution in [0.15, 0.2) is 41.2 Å². The van der Waals surface area contributed by atoms with Gasteiger partial charge in [0.05, 0.1) is 11.1 Å². The molecule has 7 nitrogen and oxygen atoms in total. The first kappa shape index (κ1) is 19.2. The maximum atomic E-state index is 12.7. The monoisotopic (exact) mass is 404 g/mol. The first-order chi connectivity index (χ1) is 13.9. The molecule has 1 fully saturated rings. The van der Waals surface area contributed by atoms with Gasteiger partial charge in [-0.2, -0.15) is 18.2 Å². The van der Waals surface area contributed by atoms with Crippen LogP contribution in [-0.4, -0.2) is 39.2 Å². The van der Waals surface area contributed by atoms with Gasteiger partial charge in [0.1, 0.15) is 11.6 Å². The van der Waals surface area contributed by atoms with Crippen molar-refractivity contribution in [2.45, 2.75) is 32.0 Å². The molecule has 0 spiro atoms. The summed E-state index contributed by atoms with van der Waals surface area (Å²) < 4.78 is 43.3. The summed E-state index contributed by atoms with van der Waals surface area (Å²) in [5.41, 5.74) is -0.00307. The predicted octanol–water partition coefficient (Wildman–Crippen LogP) is 3.93. The Kier molecular flexibility index (Phi) is 5.08. The molecule has 0 bridgehead atoms. The number of pyridine rings is 2. The molecule has 0 aromatic carbocycles. The number of piperidine rings is 1. The van der Waals surface area contributed by atoms with E-state index in [1.807, 2.05) is 11.0 Å². The quantitative estimate of drug-likeness (QED) is 0.706. The van der Waals surface area contributed by atoms with Crippen molar-refractivity contribution in [2.24, 2.45) is 0 Å². The van der Waals surface area contributed by atoms with Crippen LogP contribution in [0.25, 0.3) is 11.5 Å². The standard InChI is InChI=1S/C19H19F3N6O/c1-12-25-18(29-27-12)15-3-2-8-23-17(15)26-14-6-9-28(10-7-14)16-5-4-13(11-24-16)19(20,21)22/h2-5,8,11,14H,6-7,9-10H2,1H3,(H,23,26). The summed E-state index contributed by atoms with van der Waals surface area (Å²) >= 11 is 0. The minimum absolute atomic E-state index is 0.165. The molecule has 29 heavy (non-hydrogen) atoms. The minimum Gasteiger partial charge on any atom is -0.367 e. The maximum absolute atomic E-state index is 12.7. The van der Waals surface area contributed by atoms with Gasteiger partial charge in [-0.05, 0) is 44.0 Å². The first-order valence-corrected chi connectivity index (χ1v) is 9.20. The molecule has 1 aliphatic heterocycles. The van der Waals surface area contributed by atoms with Gasteiger partial charge in [0.25, 0.3) is 5.89 Å².